The second kappa shape index (κ2) is 6.42. The molecule has 2 aromatic rings. The quantitative estimate of drug-likeness (QED) is 0.904. The molecule has 2 nitrogen and oxygen atoms in total. The molecule has 0 saturated heterocycles. The second-order valence-corrected chi connectivity index (χ2v) is 5.82. The number of hydrogen-bond donors (Lipinski definition) is 1. The van der Waals surface area contributed by atoms with E-state index in [9.17, 15) is 0 Å². The summed E-state index contributed by atoms with van der Waals surface area (Å²) in [7, 11) is 2.06. The van der Waals surface area contributed by atoms with Crippen molar-refractivity contribution >= 4 is 33.2 Å². The molecule has 0 radical (unpaired) electrons. The summed E-state index contributed by atoms with van der Waals surface area (Å²) in [5.41, 5.74) is 9.24. The number of rotatable bonds is 4. The molecule has 0 aliphatic rings. The lowest BCUT2D eigenvalue weighted by molar-refractivity contribution is 0.903. The molecule has 2 aromatic carbocycles. The van der Waals surface area contributed by atoms with E-state index in [-0.39, 0.29) is 0 Å². The van der Waals surface area contributed by atoms with Crippen LogP contribution in [0, 0.1) is 0 Å². The van der Waals surface area contributed by atoms with Crippen LogP contribution in [-0.2, 0) is 13.1 Å². The van der Waals surface area contributed by atoms with Gasteiger partial charge in [0.15, 0.2) is 0 Å². The highest BCUT2D eigenvalue weighted by molar-refractivity contribution is 9.10. The average molecular weight is 340 g/mol. The van der Waals surface area contributed by atoms with Crippen LogP contribution in [0.3, 0.4) is 0 Å². The third-order valence-corrected chi connectivity index (χ3v) is 3.72. The molecule has 0 heterocycles. The lowest BCUT2D eigenvalue weighted by Gasteiger charge is -2.22. The van der Waals surface area contributed by atoms with Crippen LogP contribution in [0.5, 0.6) is 0 Å². The summed E-state index contributed by atoms with van der Waals surface area (Å²) in [5, 5.41) is 0.763. The van der Waals surface area contributed by atoms with Crippen molar-refractivity contribution in [3.05, 3.63) is 63.1 Å². The van der Waals surface area contributed by atoms with Crippen LogP contribution < -0.4 is 10.6 Å². The Morgan fingerprint density at radius 3 is 2.68 bits per heavy atom. The molecule has 2 N–H and O–H groups in total. The van der Waals surface area contributed by atoms with Crippen molar-refractivity contribution in [3.63, 3.8) is 0 Å². The molecular formula is C15H16BrClN2. The molecule has 0 amide bonds. The van der Waals surface area contributed by atoms with Crippen molar-refractivity contribution in [2.75, 3.05) is 11.9 Å². The summed E-state index contributed by atoms with van der Waals surface area (Å²) < 4.78 is 1.05. The van der Waals surface area contributed by atoms with Gasteiger partial charge in [0, 0.05) is 35.3 Å². The summed E-state index contributed by atoms with van der Waals surface area (Å²) in [4.78, 5) is 2.18. The molecule has 4 heteroatoms. The monoisotopic (exact) mass is 338 g/mol. The number of benzene rings is 2. The smallest absolute Gasteiger partial charge is 0.0426 e. The maximum Gasteiger partial charge on any atom is 0.0426 e. The van der Waals surface area contributed by atoms with Gasteiger partial charge in [-0.1, -0.05) is 45.7 Å². The normalized spacial score (nSPS) is 10.5. The summed E-state index contributed by atoms with van der Waals surface area (Å²) >= 11 is 9.51. The number of nitrogens with two attached hydrogens (primary N) is 1. The third kappa shape index (κ3) is 3.72. The molecule has 2 rings (SSSR count). The lowest BCUT2D eigenvalue weighted by Crippen LogP contribution is -2.19. The van der Waals surface area contributed by atoms with Crippen LogP contribution in [0.1, 0.15) is 11.1 Å². The number of hydrogen-bond acceptors (Lipinski definition) is 2. The largest absolute Gasteiger partial charge is 0.370 e. The fourth-order valence-electron chi connectivity index (χ4n) is 2.06. The maximum atomic E-state index is 6.01. The molecule has 0 fully saturated rings. The van der Waals surface area contributed by atoms with Crippen LogP contribution in [0.25, 0.3) is 0 Å². The minimum Gasteiger partial charge on any atom is -0.370 e. The average Bonchev–Trinajstić information content (AvgIpc) is 2.38. The molecule has 0 aliphatic carbocycles. The van der Waals surface area contributed by atoms with Crippen LogP contribution >= 0.6 is 27.5 Å². The zero-order valence-corrected chi connectivity index (χ0v) is 13.1. The molecule has 100 valence electrons. The van der Waals surface area contributed by atoms with Crippen LogP contribution in [0.2, 0.25) is 5.02 Å². The highest BCUT2D eigenvalue weighted by Gasteiger charge is 2.08. The minimum absolute atomic E-state index is 0.530. The summed E-state index contributed by atoms with van der Waals surface area (Å²) in [6, 6.07) is 14.1. The first kappa shape index (κ1) is 14.4. The predicted molar refractivity (Wildman–Crippen MR) is 85.6 cm³/mol. The Morgan fingerprint density at radius 1 is 1.21 bits per heavy atom. The van der Waals surface area contributed by atoms with Crippen LogP contribution in [0.15, 0.2) is 46.9 Å². The second-order valence-electron chi connectivity index (χ2n) is 4.46. The minimum atomic E-state index is 0.530. The molecule has 0 atom stereocenters. The Hall–Kier alpha value is -1.03. The van der Waals surface area contributed by atoms with Crippen molar-refractivity contribution in [1.29, 1.82) is 0 Å². The van der Waals surface area contributed by atoms with E-state index in [1.54, 1.807) is 0 Å². The van der Waals surface area contributed by atoms with E-state index in [0.717, 1.165) is 27.3 Å². The van der Waals surface area contributed by atoms with Crippen LogP contribution in [0.4, 0.5) is 5.69 Å². The summed E-state index contributed by atoms with van der Waals surface area (Å²) in [6.45, 7) is 1.33. The first-order chi connectivity index (χ1) is 9.10. The molecule has 0 bridgehead atoms. The Labute approximate surface area is 127 Å². The van der Waals surface area contributed by atoms with E-state index >= 15 is 0 Å². The third-order valence-electron chi connectivity index (χ3n) is 2.99. The van der Waals surface area contributed by atoms with Gasteiger partial charge in [-0.15, -0.1) is 0 Å². The Morgan fingerprint density at radius 2 is 2.00 bits per heavy atom. The summed E-state index contributed by atoms with van der Waals surface area (Å²) in [6.07, 6.45) is 0. The molecular weight excluding hydrogens is 324 g/mol. The molecule has 0 unspecified atom stereocenters. The van der Waals surface area contributed by atoms with Gasteiger partial charge in [-0.25, -0.2) is 0 Å². The molecule has 0 aliphatic heterocycles. The highest BCUT2D eigenvalue weighted by atomic mass is 79.9. The van der Waals surface area contributed by atoms with Crippen LogP contribution in [-0.4, -0.2) is 7.05 Å². The van der Waals surface area contributed by atoms with Gasteiger partial charge in [0.2, 0.25) is 0 Å². The van der Waals surface area contributed by atoms with Gasteiger partial charge in [0.25, 0.3) is 0 Å². The topological polar surface area (TPSA) is 29.3 Å². The van der Waals surface area contributed by atoms with Gasteiger partial charge in [0.05, 0.1) is 0 Å². The maximum absolute atomic E-state index is 6.01. The van der Waals surface area contributed by atoms with E-state index in [1.165, 1.54) is 5.56 Å². The molecule has 0 aromatic heterocycles. The van der Waals surface area contributed by atoms with E-state index < -0.39 is 0 Å². The SMILES string of the molecule is CN(Cc1cccc(Cl)c1)c1cc(Br)ccc1CN. The van der Waals surface area contributed by atoms with Gasteiger partial charge in [0.1, 0.15) is 0 Å². The summed E-state index contributed by atoms with van der Waals surface area (Å²) in [5.74, 6) is 0. The van der Waals surface area contributed by atoms with Crippen molar-refractivity contribution in [2.24, 2.45) is 5.73 Å². The van der Waals surface area contributed by atoms with Crippen molar-refractivity contribution in [3.8, 4) is 0 Å². The standard InChI is InChI=1S/C15H16BrClN2/c1-19(10-11-3-2-4-14(17)7-11)15-8-13(16)6-5-12(15)9-18/h2-8H,9-10,18H2,1H3. The first-order valence-corrected chi connectivity index (χ1v) is 7.21. The number of halogens is 2. The fraction of sp³-hybridized carbons (Fsp3) is 0.200. The molecule has 0 spiro atoms. The predicted octanol–water partition coefficient (Wildman–Crippen LogP) is 4.20. The van der Waals surface area contributed by atoms with Gasteiger partial charge in [-0.3, -0.25) is 0 Å². The van der Waals surface area contributed by atoms with Crippen molar-refractivity contribution in [1.82, 2.24) is 0 Å². The van der Waals surface area contributed by atoms with E-state index in [2.05, 4.69) is 40.0 Å². The van der Waals surface area contributed by atoms with Gasteiger partial charge >= 0.3 is 0 Å². The lowest BCUT2D eigenvalue weighted by atomic mass is 10.1. The van der Waals surface area contributed by atoms with Gasteiger partial charge in [-0.05, 0) is 35.4 Å². The zero-order chi connectivity index (χ0) is 13.8. The Balaban J connectivity index is 2.24. The number of anilines is 1. The zero-order valence-electron chi connectivity index (χ0n) is 10.7. The van der Waals surface area contributed by atoms with Gasteiger partial charge in [-0.2, -0.15) is 0 Å². The van der Waals surface area contributed by atoms with Gasteiger partial charge < -0.3 is 10.6 Å². The number of nitrogens with zero attached hydrogens (tertiary/aromatic N) is 1. The molecule has 19 heavy (non-hydrogen) atoms. The molecule has 0 saturated carbocycles. The fourth-order valence-corrected chi connectivity index (χ4v) is 2.62. The Kier molecular flexibility index (Phi) is 4.86. The highest BCUT2D eigenvalue weighted by Crippen LogP contribution is 2.25. The van der Waals surface area contributed by atoms with E-state index in [4.69, 9.17) is 17.3 Å². The first-order valence-electron chi connectivity index (χ1n) is 6.04. The Bertz CT molecular complexity index is 572. The van der Waals surface area contributed by atoms with Crippen molar-refractivity contribution in [2.45, 2.75) is 13.1 Å². The van der Waals surface area contributed by atoms with E-state index in [0.29, 0.717) is 6.54 Å². The van der Waals surface area contributed by atoms with Crippen molar-refractivity contribution < 1.29 is 0 Å². The van der Waals surface area contributed by atoms with E-state index in [1.807, 2.05) is 30.3 Å².